The SMILES string of the molecule is COc1ccc2c(c1O)C13CCN(CC4CC4)C(C2)C1C[C@H](C)C(=O)C3. The van der Waals surface area contributed by atoms with Crippen LogP contribution >= 0.6 is 0 Å². The van der Waals surface area contributed by atoms with Crippen LogP contribution in [0.4, 0.5) is 0 Å². The van der Waals surface area contributed by atoms with Gasteiger partial charge in [0.05, 0.1) is 7.11 Å². The third-order valence-electron chi connectivity index (χ3n) is 7.70. The number of hydrogen-bond acceptors (Lipinski definition) is 4. The van der Waals surface area contributed by atoms with Crippen molar-refractivity contribution in [2.75, 3.05) is 20.2 Å². The van der Waals surface area contributed by atoms with E-state index >= 15 is 0 Å². The van der Waals surface area contributed by atoms with Crippen molar-refractivity contribution in [2.24, 2.45) is 17.8 Å². The fraction of sp³-hybridized carbons (Fsp3) is 0.682. The maximum Gasteiger partial charge on any atom is 0.161 e. The summed E-state index contributed by atoms with van der Waals surface area (Å²) in [4.78, 5) is 15.5. The van der Waals surface area contributed by atoms with Gasteiger partial charge in [0.1, 0.15) is 5.78 Å². The predicted octanol–water partition coefficient (Wildman–Crippen LogP) is 3.29. The maximum atomic E-state index is 12.8. The quantitative estimate of drug-likeness (QED) is 0.904. The van der Waals surface area contributed by atoms with Crippen molar-refractivity contribution in [1.82, 2.24) is 4.90 Å². The van der Waals surface area contributed by atoms with Crippen molar-refractivity contribution < 1.29 is 14.6 Å². The molecule has 0 spiro atoms. The Hall–Kier alpha value is -1.55. The number of benzene rings is 1. The van der Waals surface area contributed by atoms with Gasteiger partial charge in [0, 0.05) is 35.9 Å². The molecule has 3 fully saturated rings. The average Bonchev–Trinajstić information content (AvgIpc) is 3.42. The Morgan fingerprint density at radius 1 is 1.35 bits per heavy atom. The second kappa shape index (κ2) is 5.72. The topological polar surface area (TPSA) is 49.8 Å². The van der Waals surface area contributed by atoms with Gasteiger partial charge in [-0.3, -0.25) is 9.69 Å². The van der Waals surface area contributed by atoms with Crippen molar-refractivity contribution in [3.8, 4) is 11.5 Å². The number of ether oxygens (including phenoxy) is 1. The van der Waals surface area contributed by atoms with Crippen molar-refractivity contribution in [2.45, 2.75) is 56.9 Å². The van der Waals surface area contributed by atoms with E-state index in [0.717, 1.165) is 37.3 Å². The van der Waals surface area contributed by atoms with Crippen LogP contribution in [0.1, 0.15) is 50.2 Å². The Bertz CT molecular complexity index is 756. The van der Waals surface area contributed by atoms with Crippen LogP contribution in [0.15, 0.2) is 12.1 Å². The van der Waals surface area contributed by atoms with E-state index in [2.05, 4.69) is 17.9 Å². The summed E-state index contributed by atoms with van der Waals surface area (Å²) >= 11 is 0. The van der Waals surface area contributed by atoms with Gasteiger partial charge >= 0.3 is 0 Å². The molecule has 1 aromatic carbocycles. The molecule has 4 aliphatic rings. The summed E-state index contributed by atoms with van der Waals surface area (Å²) in [7, 11) is 1.61. The molecule has 2 bridgehead atoms. The molecule has 0 amide bonds. The first-order valence-electron chi connectivity index (χ1n) is 10.2. The molecule has 140 valence electrons. The Kier molecular flexibility index (Phi) is 3.66. The molecule has 4 heteroatoms. The molecule has 4 atom stereocenters. The lowest BCUT2D eigenvalue weighted by Crippen LogP contribution is -2.63. The van der Waals surface area contributed by atoms with Crippen molar-refractivity contribution in [3.05, 3.63) is 23.3 Å². The number of rotatable bonds is 3. The van der Waals surface area contributed by atoms with Crippen LogP contribution in [0.3, 0.4) is 0 Å². The number of piperidine rings is 1. The Labute approximate surface area is 155 Å². The molecule has 5 rings (SSSR count). The maximum absolute atomic E-state index is 12.8. The average molecular weight is 355 g/mol. The van der Waals surface area contributed by atoms with Crippen LogP contribution in [0, 0.1) is 17.8 Å². The van der Waals surface area contributed by atoms with E-state index in [1.807, 2.05) is 6.07 Å². The van der Waals surface area contributed by atoms with Crippen molar-refractivity contribution in [1.29, 1.82) is 0 Å². The van der Waals surface area contributed by atoms with Crippen LogP contribution in [0.25, 0.3) is 0 Å². The number of phenolic OH excluding ortho intramolecular Hbond substituents is 1. The van der Waals surface area contributed by atoms with Gasteiger partial charge in [0.15, 0.2) is 11.5 Å². The van der Waals surface area contributed by atoms with Crippen LogP contribution in [0.5, 0.6) is 11.5 Å². The summed E-state index contributed by atoms with van der Waals surface area (Å²) in [6.45, 7) is 4.36. The number of phenols is 1. The zero-order chi connectivity index (χ0) is 18.1. The molecule has 4 nitrogen and oxygen atoms in total. The van der Waals surface area contributed by atoms with E-state index < -0.39 is 0 Å². The van der Waals surface area contributed by atoms with E-state index in [4.69, 9.17) is 4.74 Å². The highest BCUT2D eigenvalue weighted by molar-refractivity contribution is 5.84. The Balaban J connectivity index is 1.64. The van der Waals surface area contributed by atoms with Gasteiger partial charge in [0.25, 0.3) is 0 Å². The summed E-state index contributed by atoms with van der Waals surface area (Å²) in [6, 6.07) is 4.53. The smallest absolute Gasteiger partial charge is 0.161 e. The normalized spacial score (nSPS) is 36.4. The third-order valence-corrected chi connectivity index (χ3v) is 7.70. The van der Waals surface area contributed by atoms with Gasteiger partial charge in [-0.1, -0.05) is 13.0 Å². The second-order valence-corrected chi connectivity index (χ2v) is 9.15. The van der Waals surface area contributed by atoms with Crippen LogP contribution < -0.4 is 4.74 Å². The number of aromatic hydroxyl groups is 1. The number of carbonyl (C=O) groups is 1. The molecule has 1 aliphatic heterocycles. The first-order valence-corrected chi connectivity index (χ1v) is 10.2. The lowest BCUT2D eigenvalue weighted by Gasteiger charge is -2.59. The van der Waals surface area contributed by atoms with Crippen molar-refractivity contribution in [3.63, 3.8) is 0 Å². The Morgan fingerprint density at radius 3 is 2.88 bits per heavy atom. The minimum absolute atomic E-state index is 0.144. The number of methoxy groups -OCH3 is 1. The van der Waals surface area contributed by atoms with Gasteiger partial charge in [-0.15, -0.1) is 0 Å². The minimum Gasteiger partial charge on any atom is -0.504 e. The van der Waals surface area contributed by atoms with E-state index in [1.54, 1.807) is 7.11 Å². The van der Waals surface area contributed by atoms with E-state index in [-0.39, 0.29) is 17.1 Å². The number of Topliss-reactive ketones (excluding diaryl/α,β-unsaturated/α-hetero) is 1. The molecule has 3 unspecified atom stereocenters. The molecular weight excluding hydrogens is 326 g/mol. The highest BCUT2D eigenvalue weighted by atomic mass is 16.5. The lowest BCUT2D eigenvalue weighted by atomic mass is 9.50. The summed E-state index contributed by atoms with van der Waals surface area (Å²) in [5, 5.41) is 11.0. The first-order chi connectivity index (χ1) is 12.5. The number of ketones is 1. The van der Waals surface area contributed by atoms with E-state index in [9.17, 15) is 9.90 Å². The molecule has 1 aromatic rings. The largest absolute Gasteiger partial charge is 0.504 e. The molecule has 1 N–H and O–H groups in total. The molecule has 26 heavy (non-hydrogen) atoms. The fourth-order valence-electron chi connectivity index (χ4n) is 6.18. The monoisotopic (exact) mass is 355 g/mol. The van der Waals surface area contributed by atoms with Gasteiger partial charge in [-0.25, -0.2) is 0 Å². The molecule has 2 saturated carbocycles. The highest BCUT2D eigenvalue weighted by Crippen LogP contribution is 2.59. The zero-order valence-corrected chi connectivity index (χ0v) is 15.8. The summed E-state index contributed by atoms with van der Waals surface area (Å²) in [5.41, 5.74) is 2.07. The molecule has 1 saturated heterocycles. The summed E-state index contributed by atoms with van der Waals surface area (Å²) in [6.07, 6.45) is 6.27. The molecular formula is C22H29NO3. The second-order valence-electron chi connectivity index (χ2n) is 9.15. The summed E-state index contributed by atoms with van der Waals surface area (Å²) < 4.78 is 5.41. The number of hydrogen-bond donors (Lipinski definition) is 1. The Morgan fingerprint density at radius 2 is 2.15 bits per heavy atom. The van der Waals surface area contributed by atoms with E-state index in [1.165, 1.54) is 24.9 Å². The number of likely N-dealkylation sites (tertiary alicyclic amines) is 1. The highest BCUT2D eigenvalue weighted by Gasteiger charge is 2.58. The molecule has 3 aliphatic carbocycles. The zero-order valence-electron chi connectivity index (χ0n) is 15.8. The van der Waals surface area contributed by atoms with Crippen molar-refractivity contribution >= 4 is 5.78 Å². The minimum atomic E-state index is -0.194. The van der Waals surface area contributed by atoms with Crippen LogP contribution in [-0.2, 0) is 16.6 Å². The van der Waals surface area contributed by atoms with Crippen LogP contribution in [0.2, 0.25) is 0 Å². The number of carbonyl (C=O) groups excluding carboxylic acids is 1. The van der Waals surface area contributed by atoms with Gasteiger partial charge in [-0.05, 0) is 62.1 Å². The van der Waals surface area contributed by atoms with E-state index in [0.29, 0.717) is 29.9 Å². The van der Waals surface area contributed by atoms with Crippen LogP contribution in [-0.4, -0.2) is 42.0 Å². The van der Waals surface area contributed by atoms with Gasteiger partial charge in [-0.2, -0.15) is 0 Å². The predicted molar refractivity (Wildman–Crippen MR) is 99.6 cm³/mol. The molecule has 0 radical (unpaired) electrons. The van der Waals surface area contributed by atoms with Gasteiger partial charge in [0.2, 0.25) is 0 Å². The number of fused-ring (bicyclic) bond motifs is 1. The third kappa shape index (κ3) is 2.27. The number of nitrogens with zero attached hydrogens (tertiary/aromatic N) is 1. The first kappa shape index (κ1) is 16.6. The fourth-order valence-corrected chi connectivity index (χ4v) is 6.18. The van der Waals surface area contributed by atoms with Gasteiger partial charge < -0.3 is 9.84 Å². The molecule has 1 heterocycles. The standard InChI is InChI=1S/C22H29NO3/c1-13-9-16-17-10-15-5-6-19(26-2)21(25)20(15)22(16,11-18(13)24)7-8-23(17)12-14-3-4-14/h5-6,13-14,16-17,25H,3-4,7-12H2,1-2H3/t13-,16?,17?,22?/m0/s1. The summed E-state index contributed by atoms with van der Waals surface area (Å²) in [5.74, 6) is 2.69. The lowest BCUT2D eigenvalue weighted by molar-refractivity contribution is -0.132. The molecule has 0 aromatic heterocycles.